The molecule has 0 aliphatic carbocycles. The number of nitrogens with two attached hydrogens (primary N) is 3. The molecule has 42 heteroatoms. The van der Waals surface area contributed by atoms with Gasteiger partial charge >= 0.3 is 5.97 Å². The maximum Gasteiger partial charge on any atom is 0.326 e. The molecule has 119 heavy (non-hydrogen) atoms. The first kappa shape index (κ1) is 94.4. The minimum Gasteiger partial charge on any atom is -0.744 e. The molecule has 0 spiro atoms. The second-order valence-corrected chi connectivity index (χ2v) is 36.0. The number of benzene rings is 4. The Labute approximate surface area is 703 Å². The maximum absolute atomic E-state index is 14.6. The van der Waals surface area contributed by atoms with Gasteiger partial charge < -0.3 is 83.5 Å². The Morgan fingerprint density at radius 3 is 2.02 bits per heavy atom. The molecule has 0 bridgehead atoms. The molecular formula is C77H103N14O23S5-3. The lowest BCUT2D eigenvalue weighted by molar-refractivity contribution is -0.777. The number of sulfonamides is 1. The van der Waals surface area contributed by atoms with Gasteiger partial charge in [-0.2, -0.15) is 17.6 Å². The number of carbonyl (C=O) groups excluding carboxylic acids is 7. The van der Waals surface area contributed by atoms with Crippen molar-refractivity contribution >= 4 is 148 Å². The zero-order valence-electron chi connectivity index (χ0n) is 66.8. The zero-order chi connectivity index (χ0) is 86.4. The average Bonchev–Trinajstić information content (AvgIpc) is 1.63. The van der Waals surface area contributed by atoms with Gasteiger partial charge in [0, 0.05) is 164 Å². The fraction of sp³-hybridized carbons (Fsp3) is 0.532. The number of likely N-dealkylation sites (tertiary alicyclic amines) is 3. The van der Waals surface area contributed by atoms with Gasteiger partial charge in [0.1, 0.15) is 46.9 Å². The van der Waals surface area contributed by atoms with E-state index in [4.69, 9.17) is 17.2 Å². The van der Waals surface area contributed by atoms with Gasteiger partial charge in [0.05, 0.1) is 33.8 Å². The van der Waals surface area contributed by atoms with Crippen molar-refractivity contribution in [1.82, 2.24) is 40.3 Å². The topological polar surface area (TPSA) is 530 Å². The quantitative estimate of drug-likeness (QED) is 0.00362. The van der Waals surface area contributed by atoms with E-state index >= 15 is 0 Å². The van der Waals surface area contributed by atoms with Crippen LogP contribution in [0.3, 0.4) is 0 Å². The summed E-state index contributed by atoms with van der Waals surface area (Å²) < 4.78 is 84.1. The minimum atomic E-state index is -5.03. The smallest absolute Gasteiger partial charge is 0.326 e. The third kappa shape index (κ3) is 23.7. The third-order valence-electron chi connectivity index (χ3n) is 21.9. The normalized spacial score (nSPS) is 18.6. The predicted octanol–water partition coefficient (Wildman–Crippen LogP) is 2.44. The van der Waals surface area contributed by atoms with Crippen molar-refractivity contribution < 1.29 is 113 Å². The first-order valence-corrected chi connectivity index (χ1v) is 44.6. The summed E-state index contributed by atoms with van der Waals surface area (Å²) in [5.74, 6) is -3.83. The minimum absolute atomic E-state index is 0.0143. The third-order valence-corrected chi connectivity index (χ3v) is 26.4. The number of carbonyl (C=O) groups is 8. The van der Waals surface area contributed by atoms with Crippen LogP contribution < -0.4 is 59.1 Å². The van der Waals surface area contributed by atoms with E-state index in [1.165, 1.54) is 32.1 Å². The lowest BCUT2D eigenvalue weighted by Gasteiger charge is -2.33. The van der Waals surface area contributed by atoms with Gasteiger partial charge in [0.15, 0.2) is 11.7 Å². The molecule has 652 valence electrons. The number of guanidine groups is 1. The predicted molar refractivity (Wildman–Crippen MR) is 435 cm³/mol. The summed E-state index contributed by atoms with van der Waals surface area (Å²) in [7, 11) is -7.76. The number of fused-ring (bicyclic) bond motifs is 6. The van der Waals surface area contributed by atoms with Crippen LogP contribution >= 0.6 is 36.1 Å². The number of amides is 7. The van der Waals surface area contributed by atoms with Crippen molar-refractivity contribution in [2.24, 2.45) is 22.2 Å². The molecule has 3 saturated heterocycles. The molecule has 1 unspecified atom stereocenters. The average molecular weight is 1750 g/mol. The van der Waals surface area contributed by atoms with Gasteiger partial charge in [-0.1, -0.05) is 50.3 Å². The highest BCUT2D eigenvalue weighted by Gasteiger charge is 2.48. The van der Waals surface area contributed by atoms with Crippen LogP contribution in [0.1, 0.15) is 148 Å². The highest BCUT2D eigenvalue weighted by Crippen LogP contribution is 2.52. The Bertz CT molecular complexity index is 4740. The summed E-state index contributed by atoms with van der Waals surface area (Å²) in [6, 6.07) is 9.86. The van der Waals surface area contributed by atoms with E-state index in [0.717, 1.165) is 52.8 Å². The van der Waals surface area contributed by atoms with Crippen LogP contribution in [0, 0.1) is 0 Å². The Morgan fingerprint density at radius 1 is 0.681 bits per heavy atom. The highest BCUT2D eigenvalue weighted by molar-refractivity contribution is 7.95. The summed E-state index contributed by atoms with van der Waals surface area (Å²) >= 11 is 2.12. The molecule has 5 aliphatic rings. The maximum atomic E-state index is 14.6. The van der Waals surface area contributed by atoms with Crippen LogP contribution in [0.4, 0.5) is 11.4 Å². The van der Waals surface area contributed by atoms with E-state index in [1.807, 2.05) is 74.8 Å². The number of nitrogens with zero attached hydrogens (tertiary/aromatic N) is 7. The first-order valence-electron chi connectivity index (χ1n) is 39.2. The number of anilines is 1. The molecule has 9 rings (SSSR count). The molecule has 0 saturated carbocycles. The number of allylic oxidation sites excluding steroid dienone is 6. The van der Waals surface area contributed by atoms with Crippen LogP contribution in [0.15, 0.2) is 110 Å². The summed E-state index contributed by atoms with van der Waals surface area (Å²) in [4.78, 5) is 117. The molecular weight excluding hydrogens is 1650 g/mol. The van der Waals surface area contributed by atoms with E-state index in [9.17, 15) is 80.6 Å². The molecule has 0 aromatic heterocycles. The molecule has 11 N–H and O–H groups in total. The van der Waals surface area contributed by atoms with Gasteiger partial charge in [-0.05, 0) is 156 Å². The fourth-order valence-electron chi connectivity index (χ4n) is 16.4. The number of hydrogen-bond acceptors (Lipinski definition) is 28. The largest absolute Gasteiger partial charge is 0.744 e. The van der Waals surface area contributed by atoms with E-state index in [2.05, 4.69) is 59.3 Å². The molecule has 5 aliphatic heterocycles. The van der Waals surface area contributed by atoms with Crippen LogP contribution in [-0.4, -0.2) is 223 Å². The van der Waals surface area contributed by atoms with Crippen molar-refractivity contribution in [1.29, 1.82) is 0 Å². The summed E-state index contributed by atoms with van der Waals surface area (Å²) in [5, 5.41) is 65.4. The summed E-state index contributed by atoms with van der Waals surface area (Å²) in [6.45, 7) is 9.74. The number of carboxylic acids is 1. The van der Waals surface area contributed by atoms with Crippen molar-refractivity contribution in [3.63, 3.8) is 0 Å². The van der Waals surface area contributed by atoms with Crippen LogP contribution in [0.2, 0.25) is 0 Å². The van der Waals surface area contributed by atoms with E-state index in [0.29, 0.717) is 141 Å². The van der Waals surface area contributed by atoms with Crippen molar-refractivity contribution in [3.05, 3.63) is 102 Å². The Kier molecular flexibility index (Phi) is 34.8. The number of rotatable bonds is 46. The van der Waals surface area contributed by atoms with Crippen LogP contribution in [0.25, 0.3) is 21.5 Å². The SMILES string of the molecule is CN(CCCC(=O)NCCCC[C@H](NC(=O)CCCNC(=O)[C@@H]1CCCN1C(=O)[C@@H]1CCCN1C(=O)[C@H](CCCN=C(N)N)NC(=O)C1CCCN1C(=O)CN)C(=O)O)S(=O)(=O)c1cccc2c3c(ccc12)N(CCCSOO[O-])/C(=C/C=C/C=C/C1=[N+](CCCSOO[O-])c2ccc4c(S(=O)(=O)[O-])cc(SOO[O-])cc4c2C1(C)C)C3(C)C. The number of hydrogen-bond donors (Lipinski definition) is 8. The monoisotopic (exact) mass is 1750 g/mol. The second-order valence-electron chi connectivity index (χ2n) is 30.3. The van der Waals surface area contributed by atoms with Crippen molar-refractivity contribution in [2.45, 2.75) is 193 Å². The Hall–Kier alpha value is -8.41. The van der Waals surface area contributed by atoms with Gasteiger partial charge in [-0.3, -0.25) is 53.7 Å². The number of aliphatic carboxylic acids is 1. The number of nitrogens with one attached hydrogen (secondary N) is 4. The summed E-state index contributed by atoms with van der Waals surface area (Å²) in [6.07, 6.45) is 14.4. The van der Waals surface area contributed by atoms with Gasteiger partial charge in [0.2, 0.25) is 57.1 Å². The Morgan fingerprint density at radius 2 is 1.33 bits per heavy atom. The summed E-state index contributed by atoms with van der Waals surface area (Å²) in [5.41, 5.74) is 19.7. The molecule has 5 heterocycles. The highest BCUT2D eigenvalue weighted by atomic mass is 32.2. The second kappa shape index (κ2) is 43.9. The van der Waals surface area contributed by atoms with Crippen molar-refractivity contribution in [3.8, 4) is 0 Å². The number of aliphatic imine (C=N–C) groups is 1. The molecule has 4 aromatic carbocycles. The van der Waals surface area contributed by atoms with Gasteiger partial charge in [0.25, 0.3) is 0 Å². The van der Waals surface area contributed by atoms with E-state index in [-0.39, 0.29) is 111 Å². The van der Waals surface area contributed by atoms with Crippen molar-refractivity contribution in [2.75, 3.05) is 88.9 Å². The first-order chi connectivity index (χ1) is 56.8. The lowest BCUT2D eigenvalue weighted by atomic mass is 9.79. The number of carboxylic acid groups (broad SMARTS) is 1. The molecule has 3 fully saturated rings. The number of unbranched alkanes of at least 4 members (excludes halogenated alkanes) is 1. The lowest BCUT2D eigenvalue weighted by Crippen LogP contribution is -2.58. The van der Waals surface area contributed by atoms with Gasteiger partial charge in [-0.25, -0.2) is 25.9 Å². The zero-order valence-corrected chi connectivity index (χ0v) is 70.9. The van der Waals surface area contributed by atoms with E-state index < -0.39 is 107 Å². The fourth-order valence-corrected chi connectivity index (χ4v) is 19.7. The molecule has 37 nitrogen and oxygen atoms in total. The van der Waals surface area contributed by atoms with E-state index in [1.54, 1.807) is 30.3 Å². The molecule has 0 radical (unpaired) electrons. The van der Waals surface area contributed by atoms with Crippen LogP contribution in [-0.2, 0) is 97.4 Å². The van der Waals surface area contributed by atoms with Gasteiger partial charge in [-0.15, -0.1) is 0 Å². The molecule has 4 aromatic rings. The molecule has 5 atom stereocenters. The van der Waals surface area contributed by atoms with Crippen LogP contribution in [0.5, 0.6) is 0 Å². The standard InChI is InChI=1S/C77H106N14O23S5/c1-76(2)63(27-7-6-8-28-64-77(3,4)69-53-46-49(117-114-111-103)47-62(119(106,107)108)51(53)32-34-57(69)88(64)43-19-45-116-113-110-102)87(42-18-44-115-112-109-101)56-33-31-50-52(68(56)76)20-11-26-61(50)118(104,105)86(5)38-17-30-65(92)81-35-10-9-21-55(74(99)100)84-66(93)29-13-36-82-70(95)58-23-15-40-90(58)73(98)60-25-16-41-91(60)72(97)54(22-12-37-83-75(79)80)85-71(96)59-24-14-39-89(59)67(94)48-78/h6-8,11,20,26-28,31-34,46-47,54-55,58-60H,9-10,12-19,21-25,29-30,35-45,48,78H2,1-5H3,(H12-,79,80,81,82,83,84,85,92,93,95,96,99,100,101,102,103,106,107,108)/p-3/t54-,55-,58-,59?,60-/m0/s1. The Balaban J connectivity index is 0.754. The molecule has 7 amide bonds.